The van der Waals surface area contributed by atoms with Crippen molar-refractivity contribution in [2.45, 2.75) is 39.7 Å². The maximum Gasteiger partial charge on any atom is 0.333 e. The van der Waals surface area contributed by atoms with E-state index in [4.69, 9.17) is 5.73 Å². The zero-order chi connectivity index (χ0) is 15.8. The van der Waals surface area contributed by atoms with Gasteiger partial charge in [-0.25, -0.2) is 4.68 Å². The van der Waals surface area contributed by atoms with Crippen molar-refractivity contribution in [2.75, 3.05) is 5.73 Å². The molecule has 1 aromatic carbocycles. The van der Waals surface area contributed by atoms with Gasteiger partial charge >= 0.3 is 5.69 Å². The Morgan fingerprint density at radius 3 is 2.29 bits per heavy atom. The van der Waals surface area contributed by atoms with Crippen LogP contribution in [0, 0.1) is 17.0 Å². The fraction of sp³-hybridized carbons (Fsp3) is 0.400. The van der Waals surface area contributed by atoms with Gasteiger partial charge in [0.15, 0.2) is 0 Å². The van der Waals surface area contributed by atoms with Crippen molar-refractivity contribution in [3.8, 4) is 0 Å². The van der Waals surface area contributed by atoms with Crippen molar-refractivity contribution in [1.29, 1.82) is 0 Å². The number of hydrogen-bond donors (Lipinski definition) is 1. The molecule has 0 bridgehead atoms. The van der Waals surface area contributed by atoms with E-state index in [0.717, 1.165) is 5.56 Å². The Morgan fingerprint density at radius 2 is 1.86 bits per heavy atom. The predicted octanol–water partition coefficient (Wildman–Crippen LogP) is 3.03. The average Bonchev–Trinajstić information content (AvgIpc) is 2.64. The van der Waals surface area contributed by atoms with Crippen LogP contribution in [0.25, 0.3) is 0 Å². The summed E-state index contributed by atoms with van der Waals surface area (Å²) >= 11 is 0. The van der Waals surface area contributed by atoms with Gasteiger partial charge in [-0.15, -0.1) is 0 Å². The monoisotopic (exact) mass is 288 g/mol. The molecule has 0 unspecified atom stereocenters. The quantitative estimate of drug-likeness (QED) is 0.694. The lowest BCUT2D eigenvalue weighted by atomic mass is 9.87. The Hall–Kier alpha value is -2.37. The molecule has 0 aliphatic heterocycles. The minimum atomic E-state index is -0.489. The number of aryl methyl sites for hydroxylation is 1. The van der Waals surface area contributed by atoms with E-state index in [1.54, 1.807) is 6.92 Å². The molecule has 0 amide bonds. The van der Waals surface area contributed by atoms with Gasteiger partial charge in [-0.3, -0.25) is 10.1 Å². The van der Waals surface area contributed by atoms with Crippen molar-refractivity contribution < 1.29 is 4.92 Å². The normalized spacial score (nSPS) is 11.6. The van der Waals surface area contributed by atoms with Gasteiger partial charge in [0.25, 0.3) is 0 Å². The van der Waals surface area contributed by atoms with Crippen molar-refractivity contribution >= 4 is 11.5 Å². The second-order valence-electron chi connectivity index (χ2n) is 6.18. The molecule has 21 heavy (non-hydrogen) atoms. The first kappa shape index (κ1) is 15.0. The number of hydrogen-bond acceptors (Lipinski definition) is 4. The van der Waals surface area contributed by atoms with Crippen LogP contribution in [-0.2, 0) is 12.0 Å². The van der Waals surface area contributed by atoms with Crippen molar-refractivity contribution in [3.05, 3.63) is 51.2 Å². The molecule has 0 saturated carbocycles. The van der Waals surface area contributed by atoms with Crippen LogP contribution in [0.4, 0.5) is 11.5 Å². The molecule has 0 saturated heterocycles. The number of nitrogens with zero attached hydrogens (tertiary/aromatic N) is 3. The number of anilines is 1. The summed E-state index contributed by atoms with van der Waals surface area (Å²) in [6, 6.07) is 8.14. The molecule has 0 aliphatic carbocycles. The Bertz CT molecular complexity index is 666. The highest BCUT2D eigenvalue weighted by atomic mass is 16.6. The second kappa shape index (κ2) is 5.20. The third kappa shape index (κ3) is 3.04. The first-order chi connectivity index (χ1) is 9.70. The van der Waals surface area contributed by atoms with E-state index < -0.39 is 4.92 Å². The van der Waals surface area contributed by atoms with Gasteiger partial charge < -0.3 is 5.73 Å². The summed E-state index contributed by atoms with van der Waals surface area (Å²) in [5.41, 5.74) is 8.38. The Balaban J connectivity index is 2.27. The van der Waals surface area contributed by atoms with Gasteiger partial charge in [-0.2, -0.15) is 5.10 Å². The van der Waals surface area contributed by atoms with E-state index in [1.165, 1.54) is 10.2 Å². The van der Waals surface area contributed by atoms with E-state index in [-0.39, 0.29) is 16.9 Å². The zero-order valence-electron chi connectivity index (χ0n) is 12.8. The molecule has 0 aliphatic rings. The molecule has 0 atom stereocenters. The average molecular weight is 288 g/mol. The smallest absolute Gasteiger partial charge is 0.333 e. The van der Waals surface area contributed by atoms with Crippen LogP contribution in [0.15, 0.2) is 24.3 Å². The van der Waals surface area contributed by atoms with E-state index in [0.29, 0.717) is 12.2 Å². The molecule has 0 fully saturated rings. The van der Waals surface area contributed by atoms with Gasteiger partial charge in [0.1, 0.15) is 5.69 Å². The Labute approximate surface area is 123 Å². The number of nitro groups is 1. The number of aromatic nitrogens is 2. The lowest BCUT2D eigenvalue weighted by Gasteiger charge is -2.19. The summed E-state index contributed by atoms with van der Waals surface area (Å²) < 4.78 is 1.47. The van der Waals surface area contributed by atoms with Crippen molar-refractivity contribution in [1.82, 2.24) is 9.78 Å². The maximum atomic E-state index is 10.9. The van der Waals surface area contributed by atoms with Gasteiger partial charge in [0.2, 0.25) is 5.82 Å². The van der Waals surface area contributed by atoms with Crippen molar-refractivity contribution in [3.63, 3.8) is 0 Å². The molecule has 1 aromatic heterocycles. The first-order valence-electron chi connectivity index (χ1n) is 6.77. The standard InChI is InChI=1S/C15H20N4O2/c1-10-13(19(20)21)14(16)18(17-10)9-11-5-7-12(8-6-11)15(2,3)4/h5-8H,9,16H2,1-4H3. The molecule has 2 rings (SSSR count). The van der Waals surface area contributed by atoms with E-state index >= 15 is 0 Å². The van der Waals surface area contributed by atoms with Crippen LogP contribution in [0.2, 0.25) is 0 Å². The molecule has 6 heteroatoms. The molecule has 0 spiro atoms. The molecule has 6 nitrogen and oxygen atoms in total. The summed E-state index contributed by atoms with van der Waals surface area (Å²) in [6.45, 7) is 8.47. The number of nitrogens with two attached hydrogens (primary N) is 1. The van der Waals surface area contributed by atoms with Crippen LogP contribution < -0.4 is 5.73 Å². The molecule has 2 N–H and O–H groups in total. The fourth-order valence-electron chi connectivity index (χ4n) is 2.22. The number of benzene rings is 1. The molecular weight excluding hydrogens is 268 g/mol. The van der Waals surface area contributed by atoms with Crippen LogP contribution in [0.1, 0.15) is 37.6 Å². The Morgan fingerprint density at radius 1 is 1.29 bits per heavy atom. The summed E-state index contributed by atoms with van der Waals surface area (Å²) in [6.07, 6.45) is 0. The van der Waals surface area contributed by atoms with Gasteiger partial charge in [0, 0.05) is 0 Å². The van der Waals surface area contributed by atoms with Crippen LogP contribution in [0.3, 0.4) is 0 Å². The van der Waals surface area contributed by atoms with Crippen LogP contribution >= 0.6 is 0 Å². The van der Waals surface area contributed by atoms with Gasteiger partial charge in [-0.05, 0) is 23.5 Å². The van der Waals surface area contributed by atoms with Crippen LogP contribution in [0.5, 0.6) is 0 Å². The Kier molecular flexibility index (Phi) is 3.72. The molecule has 1 heterocycles. The molecule has 2 aromatic rings. The molecule has 0 radical (unpaired) electrons. The van der Waals surface area contributed by atoms with E-state index in [2.05, 4.69) is 38.0 Å². The number of nitrogen functional groups attached to an aromatic ring is 1. The summed E-state index contributed by atoms with van der Waals surface area (Å²) in [7, 11) is 0. The molecule has 112 valence electrons. The molecular formula is C15H20N4O2. The largest absolute Gasteiger partial charge is 0.378 e. The highest BCUT2D eigenvalue weighted by molar-refractivity contribution is 5.56. The highest BCUT2D eigenvalue weighted by Gasteiger charge is 2.22. The number of rotatable bonds is 3. The predicted molar refractivity (Wildman–Crippen MR) is 82.3 cm³/mol. The third-order valence-electron chi connectivity index (χ3n) is 3.47. The topological polar surface area (TPSA) is 87.0 Å². The minimum Gasteiger partial charge on any atom is -0.378 e. The lowest BCUT2D eigenvalue weighted by molar-refractivity contribution is -0.384. The summed E-state index contributed by atoms with van der Waals surface area (Å²) in [4.78, 5) is 10.4. The highest BCUT2D eigenvalue weighted by Crippen LogP contribution is 2.26. The lowest BCUT2D eigenvalue weighted by Crippen LogP contribution is -2.11. The van der Waals surface area contributed by atoms with Crippen LogP contribution in [-0.4, -0.2) is 14.7 Å². The first-order valence-corrected chi connectivity index (χ1v) is 6.77. The van der Waals surface area contributed by atoms with E-state index in [1.807, 2.05) is 12.1 Å². The minimum absolute atomic E-state index is 0.0948. The maximum absolute atomic E-state index is 10.9. The second-order valence-corrected chi connectivity index (χ2v) is 6.18. The third-order valence-corrected chi connectivity index (χ3v) is 3.47. The van der Waals surface area contributed by atoms with Gasteiger partial charge in [0.05, 0.1) is 11.5 Å². The summed E-state index contributed by atoms with van der Waals surface area (Å²) in [5, 5.41) is 15.1. The van der Waals surface area contributed by atoms with Crippen molar-refractivity contribution in [2.24, 2.45) is 0 Å². The van der Waals surface area contributed by atoms with Gasteiger partial charge in [-0.1, -0.05) is 45.0 Å². The SMILES string of the molecule is Cc1nn(Cc2ccc(C(C)(C)C)cc2)c(N)c1[N+](=O)[O-]. The zero-order valence-corrected chi connectivity index (χ0v) is 12.8. The summed E-state index contributed by atoms with van der Waals surface area (Å²) in [5.74, 6) is 0.0948. The fourth-order valence-corrected chi connectivity index (χ4v) is 2.22. The van der Waals surface area contributed by atoms with E-state index in [9.17, 15) is 10.1 Å².